The highest BCUT2D eigenvalue weighted by Crippen LogP contribution is 2.31. The predicted octanol–water partition coefficient (Wildman–Crippen LogP) is 11.7. The Balaban J connectivity index is 0.453. The minimum atomic E-state index is -0.644. The summed E-state index contributed by atoms with van der Waals surface area (Å²) in [4.78, 5) is 160. The van der Waals surface area contributed by atoms with Crippen LogP contribution in [0.5, 0.6) is 40.2 Å². The topological polar surface area (TPSA) is 414 Å². The van der Waals surface area contributed by atoms with Gasteiger partial charge in [-0.15, -0.1) is 0 Å². The van der Waals surface area contributed by atoms with Crippen molar-refractivity contribution >= 4 is 89.3 Å². The second kappa shape index (κ2) is 47.9. The summed E-state index contributed by atoms with van der Waals surface area (Å²) >= 11 is 0. The van der Waals surface area contributed by atoms with Gasteiger partial charge in [-0.25, -0.2) is 43.2 Å². The molecule has 0 bridgehead atoms. The molecule has 0 aliphatic carbocycles. The molecular weight excluding hydrogens is 1700 g/mol. The highest BCUT2D eigenvalue weighted by Gasteiger charge is 2.41. The zero-order chi connectivity index (χ0) is 92.9. The summed E-state index contributed by atoms with van der Waals surface area (Å²) < 4.78 is 72.9. The molecular formula is C91H114N16O24. The molecule has 6 aliphatic heterocycles. The standard InChI is InChI=1S/C91H114N16O24/c1-61-55-104(88(115)129-77-23-13-71(14-24-77)95-94-70-11-21-76(22-12-70)126-84(111)98-39-35-92-36-40-98)63(3)53-100(61)81(108)34-44-120-46-48-122-50-52-124-87(114)103-58-68(8)107(60-66(103)6)91(118)131-79-27-17-73(18-28-79)97-96-72-15-25-78(26-16-72)130-89(116)105-56-62(2)101(54-64(105)4)82(109)33-43-119-45-47-121-49-51-123-86(113)102-57-67(7)106(59-65(102)5)90(117)128-75-19-9-69(10-20-75)83(110)125-74-29-31-80(32-30-74)127-85(112)99-41-37-93-38-42-99/h9-32,61-68,92-93H,33-60H2,1-8H3. The molecule has 6 aliphatic rings. The Morgan fingerprint density at radius 1 is 0.260 bits per heavy atom. The van der Waals surface area contributed by atoms with Crippen molar-refractivity contribution in [2.45, 2.75) is 117 Å². The lowest BCUT2D eigenvalue weighted by Crippen LogP contribution is -2.60. The second-order valence-electron chi connectivity index (χ2n) is 32.4. The number of azo groups is 2. The van der Waals surface area contributed by atoms with Crippen LogP contribution in [0.25, 0.3) is 0 Å². The van der Waals surface area contributed by atoms with E-state index >= 15 is 0 Å². The van der Waals surface area contributed by atoms with E-state index in [9.17, 15) is 52.7 Å². The Kier molecular flexibility index (Phi) is 35.5. The van der Waals surface area contributed by atoms with E-state index in [0.717, 1.165) is 13.1 Å². The van der Waals surface area contributed by atoms with E-state index < -0.39 is 78.9 Å². The van der Waals surface area contributed by atoms with Crippen LogP contribution in [0.3, 0.4) is 0 Å². The lowest BCUT2D eigenvalue weighted by Gasteiger charge is -2.43. The number of rotatable bonds is 30. The van der Waals surface area contributed by atoms with Crippen LogP contribution < -0.4 is 43.8 Å². The number of nitrogens with one attached hydrogen (secondary N) is 2. The van der Waals surface area contributed by atoms with Gasteiger partial charge in [0.1, 0.15) is 53.5 Å². The Bertz CT molecular complexity index is 4900. The van der Waals surface area contributed by atoms with Gasteiger partial charge in [-0.3, -0.25) is 9.59 Å². The summed E-state index contributed by atoms with van der Waals surface area (Å²) in [5, 5.41) is 23.5. The molecule has 6 aromatic rings. The average molecular weight is 1820 g/mol. The number of ether oxygens (including phenoxy) is 13. The van der Waals surface area contributed by atoms with Crippen LogP contribution in [0, 0.1) is 0 Å². The van der Waals surface area contributed by atoms with Crippen molar-refractivity contribution in [1.29, 1.82) is 0 Å². The fraction of sp³-hybridized carbons (Fsp3) is 0.484. The maximum atomic E-state index is 13.5. The zero-order valence-corrected chi connectivity index (χ0v) is 74.8. The third-order valence-corrected chi connectivity index (χ3v) is 22.6. The van der Waals surface area contributed by atoms with Crippen LogP contribution in [0.15, 0.2) is 166 Å². The Morgan fingerprint density at radius 3 is 0.756 bits per heavy atom. The quantitative estimate of drug-likeness (QED) is 0.0183. The number of benzene rings is 6. The second-order valence-corrected chi connectivity index (χ2v) is 32.4. The molecule has 12 rings (SSSR count). The number of piperazine rings is 6. The van der Waals surface area contributed by atoms with Crippen LogP contribution in [0.1, 0.15) is 78.6 Å². The van der Waals surface area contributed by atoms with Crippen LogP contribution in [0.4, 0.5) is 61.1 Å². The minimum Gasteiger partial charge on any atom is -0.447 e. The maximum Gasteiger partial charge on any atom is 0.415 e. The Hall–Kier alpha value is -13.2. The molecule has 8 atom stereocenters. The van der Waals surface area contributed by atoms with Crippen molar-refractivity contribution < 1.29 is 114 Å². The molecule has 131 heavy (non-hydrogen) atoms. The van der Waals surface area contributed by atoms with Gasteiger partial charge in [0.25, 0.3) is 0 Å². The number of hydrogen-bond donors (Lipinski definition) is 2. The van der Waals surface area contributed by atoms with Gasteiger partial charge in [0.15, 0.2) is 0 Å². The van der Waals surface area contributed by atoms with E-state index in [1.54, 1.807) is 155 Å². The van der Waals surface area contributed by atoms with Crippen molar-refractivity contribution in [3.63, 3.8) is 0 Å². The van der Waals surface area contributed by atoms with Gasteiger partial charge in [-0.2, -0.15) is 20.5 Å². The molecule has 0 aromatic heterocycles. The fourth-order valence-corrected chi connectivity index (χ4v) is 15.1. The predicted molar refractivity (Wildman–Crippen MR) is 472 cm³/mol. The molecule has 0 spiro atoms. The van der Waals surface area contributed by atoms with Gasteiger partial charge in [-0.1, -0.05) is 0 Å². The number of esters is 1. The molecule has 10 amide bonds. The van der Waals surface area contributed by atoms with Crippen molar-refractivity contribution in [3.8, 4) is 40.2 Å². The van der Waals surface area contributed by atoms with Crippen molar-refractivity contribution in [2.75, 3.05) is 171 Å². The largest absolute Gasteiger partial charge is 0.447 e. The van der Waals surface area contributed by atoms with E-state index in [2.05, 4.69) is 31.1 Å². The van der Waals surface area contributed by atoms with E-state index in [1.807, 2.05) is 41.5 Å². The third kappa shape index (κ3) is 28.4. The molecule has 6 aromatic carbocycles. The molecule has 6 saturated heterocycles. The summed E-state index contributed by atoms with van der Waals surface area (Å²) in [5.74, 6) is 1.17. The summed E-state index contributed by atoms with van der Waals surface area (Å²) in [7, 11) is 0. The van der Waals surface area contributed by atoms with Crippen LogP contribution >= 0.6 is 0 Å². The third-order valence-electron chi connectivity index (χ3n) is 22.6. The first-order valence-corrected chi connectivity index (χ1v) is 44.0. The molecule has 40 nitrogen and oxygen atoms in total. The first-order valence-electron chi connectivity index (χ1n) is 44.0. The molecule has 702 valence electrons. The van der Waals surface area contributed by atoms with E-state index in [0.29, 0.717) is 85.8 Å². The summed E-state index contributed by atoms with van der Waals surface area (Å²) in [6.45, 7) is 22.9. The van der Waals surface area contributed by atoms with E-state index in [4.69, 9.17) is 61.6 Å². The van der Waals surface area contributed by atoms with E-state index in [1.165, 1.54) is 53.4 Å². The number of carbonyl (C=O) groups excluding carboxylic acids is 11. The number of nitrogens with zero attached hydrogens (tertiary/aromatic N) is 14. The van der Waals surface area contributed by atoms with Crippen LogP contribution in [-0.2, 0) is 38.0 Å². The molecule has 6 heterocycles. The number of hydrogen-bond acceptors (Lipinski definition) is 30. The average Bonchev–Trinajstić information content (AvgIpc) is 0.816. The maximum absolute atomic E-state index is 13.5. The van der Waals surface area contributed by atoms with Gasteiger partial charge in [0, 0.05) is 129 Å². The fourth-order valence-electron chi connectivity index (χ4n) is 15.1. The van der Waals surface area contributed by atoms with Gasteiger partial charge < -0.3 is 121 Å². The summed E-state index contributed by atoms with van der Waals surface area (Å²) in [6.07, 6.45) is -4.03. The monoisotopic (exact) mass is 1810 g/mol. The first-order chi connectivity index (χ1) is 63.2. The lowest BCUT2D eigenvalue weighted by molar-refractivity contribution is -0.138. The van der Waals surface area contributed by atoms with Crippen LogP contribution in [-0.4, -0.2) is 335 Å². The highest BCUT2D eigenvalue weighted by atomic mass is 16.6. The minimum absolute atomic E-state index is 0.0148. The number of amides is 10. The summed E-state index contributed by atoms with van der Waals surface area (Å²) in [6, 6.07) is 35.4. The van der Waals surface area contributed by atoms with Crippen molar-refractivity contribution in [2.24, 2.45) is 20.5 Å². The Morgan fingerprint density at radius 2 is 0.473 bits per heavy atom. The lowest BCUT2D eigenvalue weighted by atomic mass is 10.1. The molecule has 0 saturated carbocycles. The number of carbonyl (C=O) groups is 11. The summed E-state index contributed by atoms with van der Waals surface area (Å²) in [5.41, 5.74) is 2.25. The smallest absolute Gasteiger partial charge is 0.415 e. The first kappa shape index (κ1) is 96.9. The van der Waals surface area contributed by atoms with Gasteiger partial charge in [0.05, 0.1) is 118 Å². The van der Waals surface area contributed by atoms with Gasteiger partial charge in [-0.05, 0) is 201 Å². The molecule has 2 N–H and O–H groups in total. The van der Waals surface area contributed by atoms with Crippen molar-refractivity contribution in [1.82, 2.24) is 59.6 Å². The zero-order valence-electron chi connectivity index (χ0n) is 74.8. The molecule has 0 radical (unpaired) electrons. The van der Waals surface area contributed by atoms with Crippen LogP contribution in [0.2, 0.25) is 0 Å². The molecule has 6 fully saturated rings. The van der Waals surface area contributed by atoms with E-state index in [-0.39, 0.29) is 189 Å². The van der Waals surface area contributed by atoms with Crippen molar-refractivity contribution in [3.05, 3.63) is 151 Å². The highest BCUT2D eigenvalue weighted by molar-refractivity contribution is 5.91. The van der Waals surface area contributed by atoms with Gasteiger partial charge >= 0.3 is 54.7 Å². The molecule has 8 unspecified atom stereocenters. The molecule has 40 heteroatoms. The SMILES string of the molecule is CC1CN(C(=O)Oc2ccc(N=Nc3ccc(OC(=O)N4CCNCC4)cc3)cc2)C(C)CN1C(=O)CCOCCOCCOC(=O)N1CC(C)N(C(=O)Oc2ccc(N=Nc3ccc(OC(=O)N4CC(C)N(C(=O)CCOCCOCCOC(=O)N5CC(C)N(C(=O)Oc6ccc(C(=O)Oc7ccc(OC(=O)N8CCNCC8)cc7)cc6)CC5C)CC4C)cc3)cc2)CC1C. The normalized spacial score (nSPS) is 20.1. The van der Waals surface area contributed by atoms with Gasteiger partial charge in [0.2, 0.25) is 11.8 Å². The Labute approximate surface area is 759 Å².